The molecule has 0 aliphatic carbocycles. The van der Waals surface area contributed by atoms with Gasteiger partial charge in [0.25, 0.3) is 0 Å². The lowest BCUT2D eigenvalue weighted by atomic mass is 10.1. The SMILES string of the molecule is CC(C)c1nc2c(n1CCc1ccccc1F)CCNC2. The average molecular weight is 287 g/mol. The third-order valence-corrected chi connectivity index (χ3v) is 4.09. The van der Waals surface area contributed by atoms with E-state index in [2.05, 4.69) is 23.7 Å². The largest absolute Gasteiger partial charge is 0.331 e. The first-order valence-corrected chi connectivity index (χ1v) is 7.69. The minimum atomic E-state index is -0.112. The molecule has 0 amide bonds. The highest BCUT2D eigenvalue weighted by Crippen LogP contribution is 2.22. The van der Waals surface area contributed by atoms with Crippen molar-refractivity contribution in [1.82, 2.24) is 14.9 Å². The Labute approximate surface area is 125 Å². The monoisotopic (exact) mass is 287 g/mol. The minimum absolute atomic E-state index is 0.112. The number of aryl methyl sites for hydroxylation is 1. The molecule has 1 aliphatic heterocycles. The van der Waals surface area contributed by atoms with Crippen LogP contribution in [0.4, 0.5) is 4.39 Å². The second kappa shape index (κ2) is 5.98. The molecule has 1 N–H and O–H groups in total. The van der Waals surface area contributed by atoms with Crippen molar-refractivity contribution in [2.75, 3.05) is 6.54 Å². The third-order valence-electron chi connectivity index (χ3n) is 4.09. The molecule has 4 heteroatoms. The van der Waals surface area contributed by atoms with Gasteiger partial charge in [-0.05, 0) is 18.1 Å². The van der Waals surface area contributed by atoms with Gasteiger partial charge in [-0.15, -0.1) is 0 Å². The van der Waals surface area contributed by atoms with Gasteiger partial charge in [0.2, 0.25) is 0 Å². The molecular formula is C17H22FN3. The van der Waals surface area contributed by atoms with E-state index in [0.717, 1.165) is 37.4 Å². The molecule has 1 aliphatic rings. The van der Waals surface area contributed by atoms with E-state index in [1.54, 1.807) is 6.07 Å². The lowest BCUT2D eigenvalue weighted by Crippen LogP contribution is -2.25. The second-order valence-electron chi connectivity index (χ2n) is 5.94. The molecule has 1 aromatic heterocycles. The van der Waals surface area contributed by atoms with Gasteiger partial charge < -0.3 is 9.88 Å². The van der Waals surface area contributed by atoms with Crippen molar-refractivity contribution in [3.05, 3.63) is 52.9 Å². The summed E-state index contributed by atoms with van der Waals surface area (Å²) in [5.74, 6) is 1.40. The van der Waals surface area contributed by atoms with E-state index in [-0.39, 0.29) is 5.82 Å². The quantitative estimate of drug-likeness (QED) is 0.936. The van der Waals surface area contributed by atoms with Gasteiger partial charge in [-0.3, -0.25) is 0 Å². The lowest BCUT2D eigenvalue weighted by molar-refractivity contribution is 0.552. The topological polar surface area (TPSA) is 29.9 Å². The van der Waals surface area contributed by atoms with Crippen molar-refractivity contribution in [3.63, 3.8) is 0 Å². The molecule has 0 unspecified atom stereocenters. The summed E-state index contributed by atoms with van der Waals surface area (Å²) < 4.78 is 16.1. The third kappa shape index (κ3) is 2.86. The van der Waals surface area contributed by atoms with Crippen LogP contribution >= 0.6 is 0 Å². The molecule has 0 saturated carbocycles. The van der Waals surface area contributed by atoms with Gasteiger partial charge >= 0.3 is 0 Å². The number of benzene rings is 1. The zero-order chi connectivity index (χ0) is 14.8. The number of halogens is 1. The summed E-state index contributed by atoms with van der Waals surface area (Å²) in [5.41, 5.74) is 3.27. The first-order valence-electron chi connectivity index (χ1n) is 7.69. The van der Waals surface area contributed by atoms with Crippen LogP contribution in [-0.2, 0) is 25.9 Å². The van der Waals surface area contributed by atoms with E-state index in [1.807, 2.05) is 12.1 Å². The van der Waals surface area contributed by atoms with Crippen molar-refractivity contribution >= 4 is 0 Å². The summed E-state index contributed by atoms with van der Waals surface area (Å²) in [4.78, 5) is 4.79. The Morgan fingerprint density at radius 1 is 1.33 bits per heavy atom. The fourth-order valence-corrected chi connectivity index (χ4v) is 3.02. The smallest absolute Gasteiger partial charge is 0.126 e. The van der Waals surface area contributed by atoms with Crippen molar-refractivity contribution in [2.24, 2.45) is 0 Å². The average Bonchev–Trinajstić information content (AvgIpc) is 2.85. The standard InChI is InChI=1S/C17H22FN3/c1-12(2)17-20-15-11-19-9-7-16(15)21(17)10-8-13-5-3-4-6-14(13)18/h3-6,12,19H,7-11H2,1-2H3. The minimum Gasteiger partial charge on any atom is -0.331 e. The van der Waals surface area contributed by atoms with Crippen molar-refractivity contribution < 1.29 is 4.39 Å². The van der Waals surface area contributed by atoms with Crippen LogP contribution in [0.1, 0.15) is 42.5 Å². The van der Waals surface area contributed by atoms with Crippen LogP contribution < -0.4 is 5.32 Å². The molecule has 0 radical (unpaired) electrons. The highest BCUT2D eigenvalue weighted by Gasteiger charge is 2.21. The van der Waals surface area contributed by atoms with Crippen LogP contribution in [0.2, 0.25) is 0 Å². The number of fused-ring (bicyclic) bond motifs is 1. The molecule has 112 valence electrons. The summed E-state index contributed by atoms with van der Waals surface area (Å²) in [6.45, 7) is 6.98. The number of hydrogen-bond donors (Lipinski definition) is 1. The van der Waals surface area contributed by atoms with Crippen LogP contribution in [0.15, 0.2) is 24.3 Å². The molecule has 0 atom stereocenters. The Balaban J connectivity index is 1.87. The highest BCUT2D eigenvalue weighted by atomic mass is 19.1. The molecular weight excluding hydrogens is 265 g/mol. The van der Waals surface area contributed by atoms with Crippen molar-refractivity contribution in [3.8, 4) is 0 Å². The van der Waals surface area contributed by atoms with Gasteiger partial charge in [0.1, 0.15) is 11.6 Å². The molecule has 3 nitrogen and oxygen atoms in total. The van der Waals surface area contributed by atoms with E-state index in [4.69, 9.17) is 4.98 Å². The summed E-state index contributed by atoms with van der Waals surface area (Å²) in [6, 6.07) is 7.04. The molecule has 0 fully saturated rings. The van der Waals surface area contributed by atoms with Crippen LogP contribution in [0.25, 0.3) is 0 Å². The molecule has 0 bridgehead atoms. The Kier molecular flexibility index (Phi) is 4.06. The maximum Gasteiger partial charge on any atom is 0.126 e. The van der Waals surface area contributed by atoms with Crippen LogP contribution in [0.3, 0.4) is 0 Å². The second-order valence-corrected chi connectivity index (χ2v) is 5.94. The van der Waals surface area contributed by atoms with E-state index in [1.165, 1.54) is 17.5 Å². The first-order chi connectivity index (χ1) is 10.2. The van der Waals surface area contributed by atoms with E-state index < -0.39 is 0 Å². The normalized spacial score (nSPS) is 14.5. The van der Waals surface area contributed by atoms with Gasteiger partial charge in [0, 0.05) is 37.7 Å². The van der Waals surface area contributed by atoms with Gasteiger partial charge in [0.15, 0.2) is 0 Å². The fourth-order valence-electron chi connectivity index (χ4n) is 3.02. The predicted molar refractivity (Wildman–Crippen MR) is 81.8 cm³/mol. The molecule has 0 saturated heterocycles. The molecule has 1 aromatic carbocycles. The molecule has 2 aromatic rings. The lowest BCUT2D eigenvalue weighted by Gasteiger charge is -2.17. The van der Waals surface area contributed by atoms with E-state index >= 15 is 0 Å². The van der Waals surface area contributed by atoms with E-state index in [9.17, 15) is 4.39 Å². The van der Waals surface area contributed by atoms with Crippen molar-refractivity contribution in [1.29, 1.82) is 0 Å². The summed E-state index contributed by atoms with van der Waals surface area (Å²) >= 11 is 0. The van der Waals surface area contributed by atoms with Crippen LogP contribution in [0.5, 0.6) is 0 Å². The predicted octanol–water partition coefficient (Wildman–Crippen LogP) is 3.03. The number of imidazole rings is 1. The number of aromatic nitrogens is 2. The molecule has 2 heterocycles. The van der Waals surface area contributed by atoms with Gasteiger partial charge in [0.05, 0.1) is 5.69 Å². The summed E-state index contributed by atoms with van der Waals surface area (Å²) in [5, 5.41) is 3.37. The highest BCUT2D eigenvalue weighted by molar-refractivity contribution is 5.23. The first kappa shape index (κ1) is 14.3. The fraction of sp³-hybridized carbons (Fsp3) is 0.471. The molecule has 21 heavy (non-hydrogen) atoms. The van der Waals surface area contributed by atoms with Gasteiger partial charge in [-0.1, -0.05) is 32.0 Å². The Morgan fingerprint density at radius 2 is 2.14 bits per heavy atom. The Bertz CT molecular complexity index is 631. The van der Waals surface area contributed by atoms with Crippen LogP contribution in [0, 0.1) is 5.82 Å². The maximum absolute atomic E-state index is 13.8. The zero-order valence-electron chi connectivity index (χ0n) is 12.7. The molecule has 0 spiro atoms. The number of nitrogens with zero attached hydrogens (tertiary/aromatic N) is 2. The van der Waals surface area contributed by atoms with Crippen molar-refractivity contribution in [2.45, 2.75) is 45.7 Å². The number of rotatable bonds is 4. The summed E-state index contributed by atoms with van der Waals surface area (Å²) in [7, 11) is 0. The number of hydrogen-bond acceptors (Lipinski definition) is 2. The number of nitrogens with one attached hydrogen (secondary N) is 1. The van der Waals surface area contributed by atoms with Crippen LogP contribution in [-0.4, -0.2) is 16.1 Å². The summed E-state index contributed by atoms with van der Waals surface area (Å²) in [6.07, 6.45) is 1.72. The maximum atomic E-state index is 13.8. The molecule has 3 rings (SSSR count). The van der Waals surface area contributed by atoms with Gasteiger partial charge in [-0.2, -0.15) is 0 Å². The Hall–Kier alpha value is -1.68. The Morgan fingerprint density at radius 3 is 2.90 bits per heavy atom. The van der Waals surface area contributed by atoms with E-state index in [0.29, 0.717) is 12.3 Å². The zero-order valence-corrected chi connectivity index (χ0v) is 12.7. The van der Waals surface area contributed by atoms with Gasteiger partial charge in [-0.25, -0.2) is 9.37 Å².